The smallest absolute Gasteiger partial charge is 0.0495 e. The van der Waals surface area contributed by atoms with Crippen LogP contribution in [0.4, 0.5) is 0 Å². The summed E-state index contributed by atoms with van der Waals surface area (Å²) in [4.78, 5) is 0. The van der Waals surface area contributed by atoms with E-state index in [0.717, 1.165) is 11.6 Å². The molecule has 16 heavy (non-hydrogen) atoms. The standard InChI is InChI=1S/C13H17ClN2/c1-9(2)15-7-10-8-16(3)13-6-11(14)4-5-12(10)13/h4-6,8-9,15H,7H2,1-3H3. The largest absolute Gasteiger partial charge is 0.350 e. The molecule has 0 saturated heterocycles. The second-order valence-electron chi connectivity index (χ2n) is 4.46. The van der Waals surface area contributed by atoms with Crippen LogP contribution in [-0.4, -0.2) is 10.6 Å². The SMILES string of the molecule is CC(C)NCc1cn(C)c2cc(Cl)ccc12. The van der Waals surface area contributed by atoms with Crippen molar-refractivity contribution in [3.63, 3.8) is 0 Å². The lowest BCUT2D eigenvalue weighted by molar-refractivity contribution is 0.590. The second-order valence-corrected chi connectivity index (χ2v) is 4.90. The zero-order valence-corrected chi connectivity index (χ0v) is 10.7. The van der Waals surface area contributed by atoms with E-state index in [2.05, 4.69) is 43.0 Å². The van der Waals surface area contributed by atoms with Crippen molar-refractivity contribution >= 4 is 22.5 Å². The third-order valence-corrected chi connectivity index (χ3v) is 2.97. The van der Waals surface area contributed by atoms with E-state index in [0.29, 0.717) is 6.04 Å². The van der Waals surface area contributed by atoms with Crippen molar-refractivity contribution in [1.82, 2.24) is 9.88 Å². The maximum atomic E-state index is 6.00. The van der Waals surface area contributed by atoms with Crippen LogP contribution >= 0.6 is 11.6 Å². The summed E-state index contributed by atoms with van der Waals surface area (Å²) in [5.41, 5.74) is 2.51. The minimum Gasteiger partial charge on any atom is -0.350 e. The van der Waals surface area contributed by atoms with Crippen LogP contribution in [0.3, 0.4) is 0 Å². The van der Waals surface area contributed by atoms with Crippen LogP contribution < -0.4 is 5.32 Å². The van der Waals surface area contributed by atoms with E-state index in [1.807, 2.05) is 12.1 Å². The normalized spacial score (nSPS) is 11.6. The summed E-state index contributed by atoms with van der Waals surface area (Å²) in [6.45, 7) is 5.21. The molecule has 0 aliphatic rings. The van der Waals surface area contributed by atoms with Crippen molar-refractivity contribution in [2.75, 3.05) is 0 Å². The van der Waals surface area contributed by atoms with E-state index >= 15 is 0 Å². The van der Waals surface area contributed by atoms with Crippen molar-refractivity contribution in [2.45, 2.75) is 26.4 Å². The van der Waals surface area contributed by atoms with Gasteiger partial charge < -0.3 is 9.88 Å². The zero-order valence-electron chi connectivity index (χ0n) is 9.92. The molecule has 0 atom stereocenters. The number of nitrogens with zero attached hydrogens (tertiary/aromatic N) is 1. The summed E-state index contributed by atoms with van der Waals surface area (Å²) in [5.74, 6) is 0. The first-order valence-corrected chi connectivity index (χ1v) is 5.92. The van der Waals surface area contributed by atoms with Gasteiger partial charge in [-0.1, -0.05) is 31.5 Å². The van der Waals surface area contributed by atoms with Crippen molar-refractivity contribution in [1.29, 1.82) is 0 Å². The monoisotopic (exact) mass is 236 g/mol. The number of aromatic nitrogens is 1. The van der Waals surface area contributed by atoms with Crippen molar-refractivity contribution < 1.29 is 0 Å². The Kier molecular flexibility index (Phi) is 3.22. The lowest BCUT2D eigenvalue weighted by atomic mass is 10.1. The van der Waals surface area contributed by atoms with Crippen molar-refractivity contribution in [3.05, 3.63) is 35.0 Å². The van der Waals surface area contributed by atoms with Crippen LogP contribution in [0.5, 0.6) is 0 Å². The fraction of sp³-hybridized carbons (Fsp3) is 0.385. The minimum atomic E-state index is 0.502. The molecule has 1 N–H and O–H groups in total. The summed E-state index contributed by atoms with van der Waals surface area (Å²) in [5, 5.41) is 5.50. The predicted molar refractivity (Wildman–Crippen MR) is 69.9 cm³/mol. The topological polar surface area (TPSA) is 17.0 Å². The van der Waals surface area contributed by atoms with Gasteiger partial charge in [-0.3, -0.25) is 0 Å². The number of nitrogens with one attached hydrogen (secondary N) is 1. The zero-order chi connectivity index (χ0) is 11.7. The van der Waals surface area contributed by atoms with Gasteiger partial charge >= 0.3 is 0 Å². The van der Waals surface area contributed by atoms with Crippen LogP contribution in [0, 0.1) is 0 Å². The molecule has 0 spiro atoms. The maximum absolute atomic E-state index is 6.00. The minimum absolute atomic E-state index is 0.502. The highest BCUT2D eigenvalue weighted by atomic mass is 35.5. The number of hydrogen-bond acceptors (Lipinski definition) is 1. The van der Waals surface area contributed by atoms with Gasteiger partial charge in [0.25, 0.3) is 0 Å². The van der Waals surface area contributed by atoms with Crippen LogP contribution in [0.2, 0.25) is 5.02 Å². The average Bonchev–Trinajstić information content (AvgIpc) is 2.53. The number of aryl methyl sites for hydroxylation is 1. The van der Waals surface area contributed by atoms with Gasteiger partial charge in [-0.05, 0) is 17.7 Å². The highest BCUT2D eigenvalue weighted by molar-refractivity contribution is 6.31. The van der Waals surface area contributed by atoms with Crippen molar-refractivity contribution in [2.24, 2.45) is 7.05 Å². The molecule has 0 radical (unpaired) electrons. The number of hydrogen-bond donors (Lipinski definition) is 1. The molecule has 3 heteroatoms. The molecule has 2 nitrogen and oxygen atoms in total. The van der Waals surface area contributed by atoms with Gasteiger partial charge in [0.15, 0.2) is 0 Å². The Labute approximate surface area is 101 Å². The van der Waals surface area contributed by atoms with E-state index < -0.39 is 0 Å². The third kappa shape index (κ3) is 2.23. The molecular weight excluding hydrogens is 220 g/mol. The summed E-state index contributed by atoms with van der Waals surface area (Å²) < 4.78 is 2.12. The Balaban J connectivity index is 2.39. The highest BCUT2D eigenvalue weighted by Crippen LogP contribution is 2.23. The van der Waals surface area contributed by atoms with E-state index in [9.17, 15) is 0 Å². The fourth-order valence-corrected chi connectivity index (χ4v) is 2.06. The molecule has 86 valence electrons. The molecule has 2 rings (SSSR count). The molecule has 0 saturated carbocycles. The van der Waals surface area contributed by atoms with Gasteiger partial charge in [0.05, 0.1) is 0 Å². The van der Waals surface area contributed by atoms with Gasteiger partial charge in [-0.25, -0.2) is 0 Å². The summed E-state index contributed by atoms with van der Waals surface area (Å²) in [6.07, 6.45) is 2.16. The molecule has 1 aromatic heterocycles. The first-order chi connectivity index (χ1) is 7.58. The Hall–Kier alpha value is -0.990. The summed E-state index contributed by atoms with van der Waals surface area (Å²) in [7, 11) is 2.05. The quantitative estimate of drug-likeness (QED) is 0.865. The Bertz CT molecular complexity index is 500. The lowest BCUT2D eigenvalue weighted by Crippen LogP contribution is -2.21. The first-order valence-electron chi connectivity index (χ1n) is 5.55. The first kappa shape index (κ1) is 11.5. The van der Waals surface area contributed by atoms with Gasteiger partial charge in [-0.15, -0.1) is 0 Å². The molecular formula is C13H17ClN2. The van der Waals surface area contributed by atoms with Gasteiger partial charge in [0.1, 0.15) is 0 Å². The van der Waals surface area contributed by atoms with Crippen molar-refractivity contribution in [3.8, 4) is 0 Å². The third-order valence-electron chi connectivity index (χ3n) is 2.74. The van der Waals surface area contributed by atoms with Gasteiger partial charge in [0.2, 0.25) is 0 Å². The van der Waals surface area contributed by atoms with E-state index in [-0.39, 0.29) is 0 Å². The average molecular weight is 237 g/mol. The van der Waals surface area contributed by atoms with Gasteiger partial charge in [0, 0.05) is 41.8 Å². The molecule has 0 aliphatic heterocycles. The second kappa shape index (κ2) is 4.48. The van der Waals surface area contributed by atoms with Crippen LogP contribution in [0.1, 0.15) is 19.4 Å². The number of rotatable bonds is 3. The van der Waals surface area contributed by atoms with E-state index in [1.54, 1.807) is 0 Å². The van der Waals surface area contributed by atoms with E-state index in [4.69, 9.17) is 11.6 Å². The van der Waals surface area contributed by atoms with Crippen LogP contribution in [0.25, 0.3) is 10.9 Å². The number of halogens is 1. The molecule has 0 bridgehead atoms. The predicted octanol–water partition coefficient (Wildman–Crippen LogP) is 3.33. The molecule has 1 aromatic carbocycles. The molecule has 0 aliphatic carbocycles. The summed E-state index contributed by atoms with van der Waals surface area (Å²) >= 11 is 6.00. The van der Waals surface area contributed by atoms with Crippen LogP contribution in [0.15, 0.2) is 24.4 Å². The van der Waals surface area contributed by atoms with E-state index in [1.165, 1.54) is 16.5 Å². The van der Waals surface area contributed by atoms with Gasteiger partial charge in [-0.2, -0.15) is 0 Å². The van der Waals surface area contributed by atoms with Crippen LogP contribution in [-0.2, 0) is 13.6 Å². The summed E-state index contributed by atoms with van der Waals surface area (Å²) in [6, 6.07) is 6.55. The Morgan fingerprint density at radius 1 is 1.38 bits per heavy atom. The lowest BCUT2D eigenvalue weighted by Gasteiger charge is -2.06. The maximum Gasteiger partial charge on any atom is 0.0495 e. The molecule has 1 heterocycles. The Morgan fingerprint density at radius 3 is 2.81 bits per heavy atom. The Morgan fingerprint density at radius 2 is 2.12 bits per heavy atom. The molecule has 0 fully saturated rings. The molecule has 2 aromatic rings. The molecule has 0 unspecified atom stereocenters. The highest BCUT2D eigenvalue weighted by Gasteiger charge is 2.06. The number of fused-ring (bicyclic) bond motifs is 1. The number of benzene rings is 1. The fourth-order valence-electron chi connectivity index (χ4n) is 1.90. The molecule has 0 amide bonds.